The molecular weight excluding hydrogens is 214 g/mol. The number of amides is 1. The molecule has 17 heavy (non-hydrogen) atoms. The van der Waals surface area contributed by atoms with Crippen LogP contribution in [0.4, 0.5) is 0 Å². The molecule has 1 saturated carbocycles. The first-order chi connectivity index (χ1) is 8.06. The quantitative estimate of drug-likeness (QED) is 0.704. The molecule has 0 spiro atoms. The Morgan fingerprint density at radius 3 is 2.59 bits per heavy atom. The zero-order valence-corrected chi connectivity index (χ0v) is 10.5. The van der Waals surface area contributed by atoms with Crippen LogP contribution in [0.1, 0.15) is 39.0 Å². The summed E-state index contributed by atoms with van der Waals surface area (Å²) in [4.78, 5) is 13.8. The lowest BCUT2D eigenvalue weighted by Gasteiger charge is -2.16. The summed E-state index contributed by atoms with van der Waals surface area (Å²) in [6.07, 6.45) is 4.51. The molecule has 1 unspecified atom stereocenters. The number of hydrogen-bond donors (Lipinski definition) is 2. The van der Waals surface area contributed by atoms with Crippen LogP contribution in [-0.4, -0.2) is 35.3 Å². The van der Waals surface area contributed by atoms with E-state index in [0.29, 0.717) is 36.7 Å². The van der Waals surface area contributed by atoms with Crippen molar-refractivity contribution in [3.63, 3.8) is 0 Å². The van der Waals surface area contributed by atoms with Crippen molar-refractivity contribution in [1.29, 1.82) is 10.8 Å². The topological polar surface area (TPSA) is 68.0 Å². The molecule has 0 aromatic carbocycles. The molecule has 1 heterocycles. The van der Waals surface area contributed by atoms with Gasteiger partial charge in [-0.25, -0.2) is 0 Å². The van der Waals surface area contributed by atoms with Gasteiger partial charge in [0.2, 0.25) is 5.91 Å². The van der Waals surface area contributed by atoms with E-state index in [-0.39, 0.29) is 11.8 Å². The van der Waals surface area contributed by atoms with Crippen LogP contribution in [0.25, 0.3) is 0 Å². The number of carbonyl (C=O) groups excluding carboxylic acids is 1. The predicted molar refractivity (Wildman–Crippen MR) is 67.8 cm³/mol. The highest BCUT2D eigenvalue weighted by molar-refractivity contribution is 6.02. The molecule has 2 N–H and O–H groups in total. The van der Waals surface area contributed by atoms with Gasteiger partial charge >= 0.3 is 0 Å². The fourth-order valence-electron chi connectivity index (χ4n) is 2.40. The largest absolute Gasteiger partial charge is 0.342 e. The molecule has 0 radical (unpaired) electrons. The summed E-state index contributed by atoms with van der Waals surface area (Å²) in [6.45, 7) is 3.24. The van der Waals surface area contributed by atoms with E-state index in [0.717, 1.165) is 13.0 Å². The van der Waals surface area contributed by atoms with E-state index in [1.54, 1.807) is 6.92 Å². The number of nitrogens with one attached hydrogen (secondary N) is 2. The maximum Gasteiger partial charge on any atom is 0.222 e. The fourth-order valence-corrected chi connectivity index (χ4v) is 2.40. The Hall–Kier alpha value is -1.19. The van der Waals surface area contributed by atoms with Crippen molar-refractivity contribution in [3.05, 3.63) is 0 Å². The van der Waals surface area contributed by atoms with E-state index >= 15 is 0 Å². The first-order valence-corrected chi connectivity index (χ1v) is 6.45. The SMILES string of the molecule is CC(=N)CC(=N)C1CCN(C(=O)CC2CC2)C1. The summed E-state index contributed by atoms with van der Waals surface area (Å²) >= 11 is 0. The molecule has 0 aromatic heterocycles. The molecule has 0 aromatic rings. The van der Waals surface area contributed by atoms with Gasteiger partial charge in [-0.2, -0.15) is 0 Å². The highest BCUT2D eigenvalue weighted by Crippen LogP contribution is 2.33. The Kier molecular flexibility index (Phi) is 3.60. The molecule has 4 nitrogen and oxygen atoms in total. The molecule has 4 heteroatoms. The first-order valence-electron chi connectivity index (χ1n) is 6.45. The predicted octanol–water partition coefficient (Wildman–Crippen LogP) is 2.08. The molecule has 2 fully saturated rings. The summed E-state index contributed by atoms with van der Waals surface area (Å²) in [5.41, 5.74) is 1.16. The van der Waals surface area contributed by atoms with E-state index in [1.807, 2.05) is 4.90 Å². The molecule has 1 amide bonds. The second-order valence-electron chi connectivity index (χ2n) is 5.46. The van der Waals surface area contributed by atoms with Crippen molar-refractivity contribution in [1.82, 2.24) is 4.90 Å². The lowest BCUT2D eigenvalue weighted by Crippen LogP contribution is -2.30. The molecule has 2 rings (SSSR count). The van der Waals surface area contributed by atoms with Crippen molar-refractivity contribution < 1.29 is 4.79 Å². The Morgan fingerprint density at radius 1 is 1.29 bits per heavy atom. The molecule has 1 aliphatic carbocycles. The van der Waals surface area contributed by atoms with Gasteiger partial charge in [-0.1, -0.05) is 0 Å². The third kappa shape index (κ3) is 3.38. The smallest absolute Gasteiger partial charge is 0.222 e. The minimum absolute atomic E-state index is 0.193. The molecule has 1 atom stereocenters. The molecular formula is C13H21N3O. The van der Waals surface area contributed by atoms with E-state index < -0.39 is 0 Å². The Balaban J connectivity index is 1.79. The number of likely N-dealkylation sites (tertiary alicyclic amines) is 1. The lowest BCUT2D eigenvalue weighted by atomic mass is 9.98. The number of carbonyl (C=O) groups is 1. The average molecular weight is 235 g/mol. The van der Waals surface area contributed by atoms with Crippen LogP contribution in [0.5, 0.6) is 0 Å². The summed E-state index contributed by atoms with van der Waals surface area (Å²) in [5.74, 6) is 1.11. The van der Waals surface area contributed by atoms with Gasteiger partial charge < -0.3 is 15.7 Å². The van der Waals surface area contributed by atoms with Crippen molar-refractivity contribution in [3.8, 4) is 0 Å². The monoisotopic (exact) mass is 235 g/mol. The van der Waals surface area contributed by atoms with Gasteiger partial charge in [0.15, 0.2) is 0 Å². The van der Waals surface area contributed by atoms with E-state index in [4.69, 9.17) is 10.8 Å². The summed E-state index contributed by atoms with van der Waals surface area (Å²) < 4.78 is 0. The Labute approximate surface area is 102 Å². The third-order valence-corrected chi connectivity index (χ3v) is 3.65. The normalized spacial score (nSPS) is 23.8. The zero-order valence-electron chi connectivity index (χ0n) is 10.5. The van der Waals surface area contributed by atoms with Crippen molar-refractivity contribution in [2.75, 3.05) is 13.1 Å². The number of rotatable bonds is 5. The van der Waals surface area contributed by atoms with Crippen molar-refractivity contribution in [2.24, 2.45) is 11.8 Å². The second kappa shape index (κ2) is 4.98. The van der Waals surface area contributed by atoms with E-state index in [9.17, 15) is 4.79 Å². The van der Waals surface area contributed by atoms with Gasteiger partial charge in [-0.15, -0.1) is 0 Å². The molecule has 1 aliphatic heterocycles. The summed E-state index contributed by atoms with van der Waals surface area (Å²) in [7, 11) is 0. The van der Waals surface area contributed by atoms with Crippen LogP contribution in [-0.2, 0) is 4.79 Å². The fraction of sp³-hybridized carbons (Fsp3) is 0.769. The molecule has 0 bridgehead atoms. The summed E-state index contributed by atoms with van der Waals surface area (Å²) in [6, 6.07) is 0. The third-order valence-electron chi connectivity index (χ3n) is 3.65. The average Bonchev–Trinajstić information content (AvgIpc) is 2.92. The second-order valence-corrected chi connectivity index (χ2v) is 5.46. The van der Waals surface area contributed by atoms with Crippen molar-refractivity contribution >= 4 is 17.3 Å². The lowest BCUT2D eigenvalue weighted by molar-refractivity contribution is -0.130. The van der Waals surface area contributed by atoms with Crippen LogP contribution in [0.2, 0.25) is 0 Å². The van der Waals surface area contributed by atoms with Gasteiger partial charge in [0.25, 0.3) is 0 Å². The highest BCUT2D eigenvalue weighted by Gasteiger charge is 2.32. The van der Waals surface area contributed by atoms with Gasteiger partial charge in [0.05, 0.1) is 0 Å². The Morgan fingerprint density at radius 2 is 2.00 bits per heavy atom. The van der Waals surface area contributed by atoms with Crippen LogP contribution in [0, 0.1) is 22.7 Å². The molecule has 94 valence electrons. The van der Waals surface area contributed by atoms with Crippen LogP contribution < -0.4 is 0 Å². The van der Waals surface area contributed by atoms with Crippen LogP contribution in [0.3, 0.4) is 0 Å². The zero-order chi connectivity index (χ0) is 12.4. The Bertz CT molecular complexity index is 347. The van der Waals surface area contributed by atoms with Gasteiger partial charge in [0.1, 0.15) is 0 Å². The highest BCUT2D eigenvalue weighted by atomic mass is 16.2. The number of hydrogen-bond acceptors (Lipinski definition) is 3. The van der Waals surface area contributed by atoms with Gasteiger partial charge in [-0.3, -0.25) is 4.79 Å². The van der Waals surface area contributed by atoms with E-state index in [2.05, 4.69) is 0 Å². The minimum atomic E-state index is 0.193. The molecule has 2 aliphatic rings. The van der Waals surface area contributed by atoms with Crippen LogP contribution >= 0.6 is 0 Å². The van der Waals surface area contributed by atoms with E-state index in [1.165, 1.54) is 12.8 Å². The maximum absolute atomic E-state index is 11.9. The minimum Gasteiger partial charge on any atom is -0.342 e. The summed E-state index contributed by atoms with van der Waals surface area (Å²) in [5, 5.41) is 15.3. The molecule has 1 saturated heterocycles. The van der Waals surface area contributed by atoms with Crippen molar-refractivity contribution in [2.45, 2.75) is 39.0 Å². The van der Waals surface area contributed by atoms with Gasteiger partial charge in [0, 0.05) is 43.3 Å². The maximum atomic E-state index is 11.9. The first kappa shape index (κ1) is 12.3. The number of nitrogens with zero attached hydrogens (tertiary/aromatic N) is 1. The van der Waals surface area contributed by atoms with Crippen LogP contribution in [0.15, 0.2) is 0 Å². The van der Waals surface area contributed by atoms with Gasteiger partial charge in [-0.05, 0) is 32.1 Å². The standard InChI is InChI=1S/C13H21N3O/c1-9(14)6-12(15)11-4-5-16(8-11)13(17)7-10-2-3-10/h10-11,14-15H,2-8H2,1H3.